The van der Waals surface area contributed by atoms with Gasteiger partial charge in [0.05, 0.1) is 0 Å². The summed E-state index contributed by atoms with van der Waals surface area (Å²) in [5.74, 6) is 0. The van der Waals surface area contributed by atoms with Crippen LogP contribution in [0.4, 0.5) is 0 Å². The molecule has 0 bridgehead atoms. The third-order valence-electron chi connectivity index (χ3n) is 20.8. The third kappa shape index (κ3) is 22.1. The Kier molecular flexibility index (Phi) is 30.8. The minimum atomic E-state index is -0.397. The number of rotatable bonds is 20. The van der Waals surface area contributed by atoms with Crippen molar-refractivity contribution in [2.75, 3.05) is 30.8 Å². The standard InChI is InChI=1S/C29H30P2.C28H28P2.C16H32P2.C14H28P2/c1-24(30(26-15-7-3-8-16-26)27-17-9-4-10-18-27)23-25(2)31(28-19-11-5-12-20-28)29-21-13-6-14-22-29;1-24(30(27-18-10-4-11-19-27)28-20-12-5-13-21-28)22-23-29(25-14-6-2-7-15-25)26-16-8-3-9-17-26;1-15(2,3)17-11-7-9-13(17)14-10-8-12-18(14)16(4,5)6;1-11-5-6-12(2)15(11)9-10-16-13(3)7-8-14(16)4/h3-22,24-25H,23H2,1-2H3;2-21,24H,22-23H2,1H3;13-14H,7-12H2,1-6H3;11-14H,5-10H2,1-4H3/t24-,25-;24-;13-,14-,17+,18+;11-,12-,13-,14-/m0010/s1. The van der Waals surface area contributed by atoms with Crippen molar-refractivity contribution in [1.29, 1.82) is 0 Å². The summed E-state index contributed by atoms with van der Waals surface area (Å²) in [5, 5.41) is 13.0. The highest BCUT2D eigenvalue weighted by Crippen LogP contribution is 2.70. The third-order valence-corrected chi connectivity index (χ3v) is 47.3. The van der Waals surface area contributed by atoms with Gasteiger partial charge in [-0.25, -0.2) is 0 Å². The van der Waals surface area contributed by atoms with Crippen LogP contribution in [0.5, 0.6) is 0 Å². The van der Waals surface area contributed by atoms with Gasteiger partial charge in [-0.05, 0) is 230 Å². The quantitative estimate of drug-likeness (QED) is 0.0667. The van der Waals surface area contributed by atoms with Crippen molar-refractivity contribution >= 4 is 106 Å². The molecule has 0 saturated carbocycles. The average Bonchev–Trinajstić information content (AvgIpc) is 1.69. The van der Waals surface area contributed by atoms with E-state index in [9.17, 15) is 0 Å². The lowest BCUT2D eigenvalue weighted by Gasteiger charge is -2.42. The molecule has 11 atom stereocenters. The SMILES string of the molecule is CC(C)(C)[P@@]1CCC[C@@H]1[C@H]1CCC[P@]1C(C)(C)C.C[C@@H](CCP(c1ccccc1)c1ccccc1)P(c1ccccc1)c1ccccc1.C[C@@H](C[C@H](C)P(c1ccccc1)c1ccccc1)P(c1ccccc1)c1ccccc1.C[C@H]1CC[C@H](C)P1CCP1[C@@H](C)CC[C@@H]1C. The van der Waals surface area contributed by atoms with Crippen molar-refractivity contribution in [3.8, 4) is 0 Å². The maximum absolute atomic E-state index is 2.52. The van der Waals surface area contributed by atoms with Gasteiger partial charge in [0.2, 0.25) is 0 Å². The maximum Gasteiger partial charge on any atom is -0.0136 e. The normalized spacial score (nSPS) is 22.5. The molecule has 0 spiro atoms. The van der Waals surface area contributed by atoms with E-state index < -0.39 is 15.8 Å². The summed E-state index contributed by atoms with van der Waals surface area (Å²) < 4.78 is 0. The lowest BCUT2D eigenvalue weighted by molar-refractivity contribution is 0.671. The second-order valence-corrected chi connectivity index (χ2v) is 53.3. The Morgan fingerprint density at radius 3 is 0.800 bits per heavy atom. The van der Waals surface area contributed by atoms with Gasteiger partial charge in [0.25, 0.3) is 0 Å². The molecule has 4 aliphatic heterocycles. The predicted octanol–water partition coefficient (Wildman–Crippen LogP) is 23.4. The van der Waals surface area contributed by atoms with Crippen molar-refractivity contribution in [3.05, 3.63) is 243 Å². The Morgan fingerprint density at radius 2 is 0.558 bits per heavy atom. The zero-order chi connectivity index (χ0) is 67.3. The van der Waals surface area contributed by atoms with E-state index in [1.54, 1.807) is 37.5 Å². The molecular weight excluding hydrogens is 1290 g/mol. The van der Waals surface area contributed by atoms with E-state index in [4.69, 9.17) is 0 Å². The summed E-state index contributed by atoms with van der Waals surface area (Å²) in [6, 6.07) is 88.9. The molecule has 8 heteroatoms. The van der Waals surface area contributed by atoms with Crippen LogP contribution in [-0.4, -0.2) is 92.1 Å². The first-order valence-electron chi connectivity index (χ1n) is 36.5. The number of benzene rings is 8. The summed E-state index contributed by atoms with van der Waals surface area (Å²) >= 11 is 0. The second-order valence-electron chi connectivity index (χ2n) is 29.7. The molecule has 4 saturated heterocycles. The highest BCUT2D eigenvalue weighted by atomic mass is 31.1. The molecule has 506 valence electrons. The maximum atomic E-state index is 2.52. The van der Waals surface area contributed by atoms with Gasteiger partial charge >= 0.3 is 0 Å². The van der Waals surface area contributed by atoms with Crippen LogP contribution in [0.1, 0.15) is 154 Å². The van der Waals surface area contributed by atoms with Crippen LogP contribution < -0.4 is 42.4 Å². The summed E-state index contributed by atoms with van der Waals surface area (Å²) in [5.41, 5.74) is 8.38. The van der Waals surface area contributed by atoms with E-state index >= 15 is 0 Å². The van der Waals surface area contributed by atoms with Crippen LogP contribution in [0, 0.1) is 0 Å². The fourth-order valence-corrected chi connectivity index (χ4v) is 42.6. The highest BCUT2D eigenvalue weighted by molar-refractivity contribution is 7.75. The second kappa shape index (κ2) is 38.3. The van der Waals surface area contributed by atoms with E-state index in [2.05, 4.69) is 333 Å². The smallest absolute Gasteiger partial charge is 0.0136 e. The molecule has 4 fully saturated rings. The average molecular weight is 1410 g/mol. The van der Waals surface area contributed by atoms with Gasteiger partial charge in [-0.15, -0.1) is 15.8 Å². The molecule has 0 nitrogen and oxygen atoms in total. The minimum Gasteiger partial charge on any atom is -0.101 e. The van der Waals surface area contributed by atoms with Gasteiger partial charge in [0, 0.05) is 0 Å². The molecule has 95 heavy (non-hydrogen) atoms. The minimum absolute atomic E-state index is 0.282. The van der Waals surface area contributed by atoms with Crippen molar-refractivity contribution in [2.24, 2.45) is 0 Å². The molecule has 0 N–H and O–H groups in total. The molecule has 0 aromatic heterocycles. The Labute approximate surface area is 590 Å². The van der Waals surface area contributed by atoms with E-state index in [0.29, 0.717) is 43.1 Å². The lowest BCUT2D eigenvalue weighted by atomic mass is 10.1. The molecule has 0 unspecified atom stereocenters. The van der Waals surface area contributed by atoms with Gasteiger partial charge in [-0.2, -0.15) is 0 Å². The number of hydrogen-bond donors (Lipinski definition) is 0. The van der Waals surface area contributed by atoms with Crippen LogP contribution in [0.2, 0.25) is 0 Å². The Bertz CT molecular complexity index is 3040. The monoisotopic (exact) mass is 1410 g/mol. The fourth-order valence-electron chi connectivity index (χ4n) is 15.9. The molecule has 8 aromatic carbocycles. The van der Waals surface area contributed by atoms with Crippen LogP contribution in [-0.2, 0) is 0 Å². The van der Waals surface area contributed by atoms with Crippen LogP contribution in [0.15, 0.2) is 243 Å². The number of hydrogen-bond acceptors (Lipinski definition) is 0. The first kappa shape index (κ1) is 76.4. The van der Waals surface area contributed by atoms with Crippen LogP contribution in [0.3, 0.4) is 0 Å². The van der Waals surface area contributed by atoms with Crippen LogP contribution in [0.25, 0.3) is 0 Å². The molecule has 12 rings (SSSR count). The largest absolute Gasteiger partial charge is 0.101 e. The van der Waals surface area contributed by atoms with E-state index in [-0.39, 0.29) is 31.7 Å². The van der Waals surface area contributed by atoms with Crippen molar-refractivity contribution < 1.29 is 0 Å². The summed E-state index contributed by atoms with van der Waals surface area (Å²) in [7, 11) is -0.147. The van der Waals surface area contributed by atoms with Crippen molar-refractivity contribution in [2.45, 2.75) is 215 Å². The molecule has 0 aliphatic carbocycles. The van der Waals surface area contributed by atoms with Gasteiger partial charge in [-0.1, -0.05) is 349 Å². The van der Waals surface area contributed by atoms with Crippen molar-refractivity contribution in [3.63, 3.8) is 0 Å². The Morgan fingerprint density at radius 1 is 0.326 bits per heavy atom. The summed E-state index contributed by atoms with van der Waals surface area (Å²) in [4.78, 5) is 0. The van der Waals surface area contributed by atoms with E-state index in [1.807, 2.05) is 0 Å². The van der Waals surface area contributed by atoms with Crippen LogP contribution >= 0.6 is 63.4 Å². The van der Waals surface area contributed by atoms with Crippen molar-refractivity contribution in [1.82, 2.24) is 0 Å². The predicted molar refractivity (Wildman–Crippen MR) is 448 cm³/mol. The molecule has 0 amide bonds. The molecular formula is C87H118P8. The van der Waals surface area contributed by atoms with Gasteiger partial charge in [-0.3, -0.25) is 0 Å². The van der Waals surface area contributed by atoms with Gasteiger partial charge < -0.3 is 0 Å². The fraction of sp³-hybridized carbons (Fsp3) is 0.448. The topological polar surface area (TPSA) is 0 Å². The Hall–Kier alpha value is -2.80. The highest BCUT2D eigenvalue weighted by Gasteiger charge is 2.46. The summed E-state index contributed by atoms with van der Waals surface area (Å²) in [6.45, 7) is 32.5. The Balaban J connectivity index is 0.000000155. The first-order chi connectivity index (χ1) is 45.9. The van der Waals surface area contributed by atoms with E-state index in [1.165, 1.54) is 100.0 Å². The molecule has 4 aliphatic rings. The van der Waals surface area contributed by atoms with Gasteiger partial charge in [0.1, 0.15) is 0 Å². The summed E-state index contributed by atoms with van der Waals surface area (Å²) in [6.07, 6.45) is 22.3. The molecule has 8 aromatic rings. The van der Waals surface area contributed by atoms with Gasteiger partial charge in [0.15, 0.2) is 0 Å². The lowest BCUT2D eigenvalue weighted by Crippen LogP contribution is -2.29. The van der Waals surface area contributed by atoms with E-state index in [0.717, 1.165) is 34.0 Å². The molecule has 0 radical (unpaired) electrons. The molecule has 4 heterocycles. The zero-order valence-electron chi connectivity index (χ0n) is 60.5. The zero-order valence-corrected chi connectivity index (χ0v) is 67.6. The first-order valence-corrected chi connectivity index (χ1v) is 48.8.